The van der Waals surface area contributed by atoms with Crippen molar-refractivity contribution in [3.63, 3.8) is 0 Å². The van der Waals surface area contributed by atoms with E-state index in [9.17, 15) is 4.79 Å². The number of benzene rings is 1. The number of rotatable bonds is 4. The summed E-state index contributed by atoms with van der Waals surface area (Å²) in [5.74, 6) is 0.408. The molecular weight excluding hydrogens is 362 g/mol. The number of nitrogen functional groups attached to an aromatic ring is 1. The zero-order chi connectivity index (χ0) is 19.1. The van der Waals surface area contributed by atoms with Gasteiger partial charge in [0.05, 0.1) is 29.8 Å². The molecule has 0 fully saturated rings. The lowest BCUT2D eigenvalue weighted by Gasteiger charge is -2.21. The van der Waals surface area contributed by atoms with Crippen molar-refractivity contribution in [2.75, 3.05) is 25.7 Å². The molecule has 0 atom stereocenters. The summed E-state index contributed by atoms with van der Waals surface area (Å²) in [5.41, 5.74) is 12.2. The Morgan fingerprint density at radius 2 is 2.19 bits per heavy atom. The summed E-state index contributed by atoms with van der Waals surface area (Å²) < 4.78 is 10.5. The van der Waals surface area contributed by atoms with Crippen LogP contribution < -0.4 is 10.5 Å². The van der Waals surface area contributed by atoms with Gasteiger partial charge in [-0.2, -0.15) is 0 Å². The summed E-state index contributed by atoms with van der Waals surface area (Å²) in [6.07, 6.45) is 3.62. The van der Waals surface area contributed by atoms with Crippen LogP contribution in [0, 0.1) is 0 Å². The highest BCUT2D eigenvalue weighted by Crippen LogP contribution is 2.42. The maximum Gasteiger partial charge on any atom is 0.357 e. The number of aryl methyl sites for hydroxylation is 1. The number of nitrogens with one attached hydrogen (secondary N) is 1. The molecule has 140 valence electrons. The Hall–Kier alpha value is -2.67. The second-order valence-electron chi connectivity index (χ2n) is 6.35. The largest absolute Gasteiger partial charge is 0.497 e. The predicted molar refractivity (Wildman–Crippen MR) is 108 cm³/mol. The minimum absolute atomic E-state index is 0.303. The average Bonchev–Trinajstić information content (AvgIpc) is 3.06. The third-order valence-corrected chi connectivity index (χ3v) is 5.65. The van der Waals surface area contributed by atoms with Crippen molar-refractivity contribution in [3.8, 4) is 17.0 Å². The van der Waals surface area contributed by atoms with Gasteiger partial charge in [0.2, 0.25) is 0 Å². The van der Waals surface area contributed by atoms with Crippen LogP contribution in [-0.2, 0) is 17.6 Å². The Kier molecular flexibility index (Phi) is 4.47. The van der Waals surface area contributed by atoms with Gasteiger partial charge in [-0.1, -0.05) is 0 Å². The van der Waals surface area contributed by atoms with Crippen LogP contribution in [0.15, 0.2) is 23.2 Å². The van der Waals surface area contributed by atoms with Crippen molar-refractivity contribution >= 4 is 34.3 Å². The third-order valence-electron chi connectivity index (χ3n) is 4.94. The highest BCUT2D eigenvalue weighted by Gasteiger charge is 2.27. The highest BCUT2D eigenvalue weighted by atomic mass is 32.2. The number of esters is 1. The first-order valence-electron chi connectivity index (χ1n) is 8.81. The lowest BCUT2D eigenvalue weighted by atomic mass is 9.87. The number of nitrogens with zero attached hydrogens (tertiary/aromatic N) is 1. The average molecular weight is 383 g/mol. The van der Waals surface area contributed by atoms with Crippen LogP contribution in [0.1, 0.15) is 28.5 Å². The summed E-state index contributed by atoms with van der Waals surface area (Å²) >= 11 is 1.51. The normalized spacial score (nSPS) is 12.6. The van der Waals surface area contributed by atoms with Crippen molar-refractivity contribution in [2.24, 2.45) is 0 Å². The molecule has 0 saturated heterocycles. The molecule has 3 N–H and O–H groups in total. The zero-order valence-electron chi connectivity index (χ0n) is 15.5. The van der Waals surface area contributed by atoms with Crippen LogP contribution in [-0.4, -0.2) is 35.9 Å². The quantitative estimate of drug-likeness (QED) is 0.526. The Morgan fingerprint density at radius 3 is 2.89 bits per heavy atom. The van der Waals surface area contributed by atoms with Gasteiger partial charge in [-0.05, 0) is 49.8 Å². The van der Waals surface area contributed by atoms with Gasteiger partial charge in [0, 0.05) is 16.8 Å². The fourth-order valence-corrected chi connectivity index (χ4v) is 4.28. The van der Waals surface area contributed by atoms with Crippen LogP contribution in [0.4, 0.5) is 5.69 Å². The molecule has 3 aromatic rings. The molecule has 0 spiro atoms. The molecular formula is C20H21N3O3S. The summed E-state index contributed by atoms with van der Waals surface area (Å²) in [4.78, 5) is 20.5. The fraction of sp³-hybridized carbons (Fsp3) is 0.300. The van der Waals surface area contributed by atoms with E-state index in [1.807, 2.05) is 24.5 Å². The molecule has 1 aliphatic rings. The molecule has 1 aliphatic carbocycles. The first kappa shape index (κ1) is 17.7. The number of pyridine rings is 1. The summed E-state index contributed by atoms with van der Waals surface area (Å²) in [7, 11) is 1.66. The van der Waals surface area contributed by atoms with Crippen molar-refractivity contribution < 1.29 is 14.3 Å². The Morgan fingerprint density at radius 1 is 1.37 bits per heavy atom. The van der Waals surface area contributed by atoms with E-state index < -0.39 is 5.97 Å². The number of hydrogen-bond acceptors (Lipinski definition) is 6. The number of methoxy groups -OCH3 is 1. The monoisotopic (exact) mass is 383 g/mol. The van der Waals surface area contributed by atoms with Crippen LogP contribution in [0.5, 0.6) is 5.75 Å². The predicted octanol–water partition coefficient (Wildman–Crippen LogP) is 3.82. The minimum atomic E-state index is -0.416. The van der Waals surface area contributed by atoms with Gasteiger partial charge in [-0.15, -0.1) is 11.8 Å². The second kappa shape index (κ2) is 6.81. The van der Waals surface area contributed by atoms with Crippen LogP contribution in [0.25, 0.3) is 22.2 Å². The molecule has 2 heterocycles. The number of aromatic nitrogens is 2. The number of nitrogens with two attached hydrogens (primary N) is 1. The number of anilines is 1. The maximum atomic E-state index is 12.4. The molecule has 2 aromatic heterocycles. The van der Waals surface area contributed by atoms with Gasteiger partial charge in [0.25, 0.3) is 0 Å². The summed E-state index contributed by atoms with van der Waals surface area (Å²) in [6.45, 7) is 2.09. The van der Waals surface area contributed by atoms with Crippen LogP contribution in [0.2, 0.25) is 0 Å². The van der Waals surface area contributed by atoms with E-state index >= 15 is 0 Å². The van der Waals surface area contributed by atoms with Gasteiger partial charge in [0.15, 0.2) is 5.69 Å². The molecule has 0 amide bonds. The molecule has 27 heavy (non-hydrogen) atoms. The number of hydrogen-bond donors (Lipinski definition) is 2. The van der Waals surface area contributed by atoms with Crippen molar-refractivity contribution in [3.05, 3.63) is 35.0 Å². The fourth-order valence-electron chi connectivity index (χ4n) is 3.66. The second-order valence-corrected chi connectivity index (χ2v) is 7.17. The first-order valence-corrected chi connectivity index (χ1v) is 10.0. The third kappa shape index (κ3) is 2.73. The van der Waals surface area contributed by atoms with Gasteiger partial charge in [-0.25, -0.2) is 9.78 Å². The Bertz CT molecular complexity index is 1060. The van der Waals surface area contributed by atoms with E-state index in [4.69, 9.17) is 20.2 Å². The van der Waals surface area contributed by atoms with Gasteiger partial charge < -0.3 is 20.2 Å². The van der Waals surface area contributed by atoms with E-state index in [2.05, 4.69) is 4.98 Å². The van der Waals surface area contributed by atoms with Crippen molar-refractivity contribution in [1.82, 2.24) is 9.97 Å². The SMILES string of the molecule is CCOC(=O)c1[nH]c(SC)c2c(N)c3c(nc12)-c1ccc(OC)cc1CC3. The number of carbonyl (C=O) groups is 1. The van der Waals surface area contributed by atoms with E-state index in [0.717, 1.165) is 45.8 Å². The molecule has 0 saturated carbocycles. The van der Waals surface area contributed by atoms with Gasteiger partial charge in [-0.3, -0.25) is 0 Å². The molecule has 4 rings (SSSR count). The number of thioether (sulfide) groups is 1. The van der Waals surface area contributed by atoms with Crippen LogP contribution >= 0.6 is 11.8 Å². The lowest BCUT2D eigenvalue weighted by Crippen LogP contribution is -2.11. The number of carbonyl (C=O) groups excluding carboxylic acids is 1. The molecule has 6 nitrogen and oxygen atoms in total. The standard InChI is InChI=1S/C20H21N3O3S/c1-4-26-20(24)18-17-14(19(23-18)27-3)15(21)13-7-5-10-9-11(25-2)6-8-12(10)16(13)22-17/h6,8-9,23H,4-5,7,21H2,1-3H3. The lowest BCUT2D eigenvalue weighted by molar-refractivity contribution is 0.0522. The molecule has 0 radical (unpaired) electrons. The molecule has 0 unspecified atom stereocenters. The van der Waals surface area contributed by atoms with Crippen LogP contribution in [0.3, 0.4) is 0 Å². The highest BCUT2D eigenvalue weighted by molar-refractivity contribution is 7.98. The van der Waals surface area contributed by atoms with E-state index in [1.54, 1.807) is 14.0 Å². The summed E-state index contributed by atoms with van der Waals surface area (Å²) in [6, 6.07) is 5.97. The minimum Gasteiger partial charge on any atom is -0.497 e. The molecule has 1 aromatic carbocycles. The number of ether oxygens (including phenoxy) is 2. The number of aromatic amines is 1. The zero-order valence-corrected chi connectivity index (χ0v) is 16.3. The maximum absolute atomic E-state index is 12.4. The number of H-pyrrole nitrogens is 1. The van der Waals surface area contributed by atoms with Gasteiger partial charge in [0.1, 0.15) is 11.3 Å². The first-order chi connectivity index (χ1) is 13.1. The molecule has 0 aliphatic heterocycles. The van der Waals surface area contributed by atoms with Gasteiger partial charge >= 0.3 is 5.97 Å². The number of fused-ring (bicyclic) bond motifs is 4. The van der Waals surface area contributed by atoms with Crippen molar-refractivity contribution in [2.45, 2.75) is 24.8 Å². The Balaban J connectivity index is 1.99. The smallest absolute Gasteiger partial charge is 0.357 e. The molecule has 7 heteroatoms. The van der Waals surface area contributed by atoms with E-state index in [0.29, 0.717) is 23.5 Å². The summed E-state index contributed by atoms with van der Waals surface area (Å²) in [5, 5.41) is 1.64. The topological polar surface area (TPSA) is 90.2 Å². The van der Waals surface area contributed by atoms with E-state index in [1.165, 1.54) is 17.3 Å². The Labute approximate surface area is 161 Å². The van der Waals surface area contributed by atoms with Crippen molar-refractivity contribution in [1.29, 1.82) is 0 Å². The van der Waals surface area contributed by atoms with E-state index in [-0.39, 0.29) is 0 Å². The molecule has 0 bridgehead atoms.